The first-order valence-corrected chi connectivity index (χ1v) is 12.2. The van der Waals surface area contributed by atoms with Crippen LogP contribution in [0.1, 0.15) is 26.8 Å². The van der Waals surface area contributed by atoms with Crippen LogP contribution < -0.4 is 15.6 Å². The van der Waals surface area contributed by atoms with Gasteiger partial charge in [-0.2, -0.15) is 0 Å². The molecule has 0 aliphatic carbocycles. The van der Waals surface area contributed by atoms with Gasteiger partial charge in [0.05, 0.1) is 18.0 Å². The molecule has 0 radical (unpaired) electrons. The molecule has 0 saturated heterocycles. The molecular weight excluding hydrogens is 448 g/mol. The van der Waals surface area contributed by atoms with Crippen LogP contribution in [0.15, 0.2) is 70.7 Å². The molecule has 2 heterocycles. The minimum absolute atomic E-state index is 0.108. The number of nitrogens with one attached hydrogen (secondary N) is 1. The summed E-state index contributed by atoms with van der Waals surface area (Å²) in [5, 5.41) is 3.42. The minimum Gasteiger partial charge on any atom is -0.492 e. The molecule has 1 amide bonds. The first-order chi connectivity index (χ1) is 16.4. The molecule has 0 aliphatic heterocycles. The fourth-order valence-corrected chi connectivity index (χ4v) is 4.80. The lowest BCUT2D eigenvalue weighted by Gasteiger charge is -2.16. The fourth-order valence-electron chi connectivity index (χ4n) is 3.88. The summed E-state index contributed by atoms with van der Waals surface area (Å²) in [4.78, 5) is 31.1. The van der Waals surface area contributed by atoms with Gasteiger partial charge in [-0.05, 0) is 38.5 Å². The van der Waals surface area contributed by atoms with Crippen molar-refractivity contribution in [3.05, 3.63) is 71.1 Å². The van der Waals surface area contributed by atoms with Crippen LogP contribution in [0, 0.1) is 0 Å². The van der Waals surface area contributed by atoms with E-state index in [-0.39, 0.29) is 23.3 Å². The third kappa shape index (κ3) is 4.72. The van der Waals surface area contributed by atoms with Crippen LogP contribution in [0.25, 0.3) is 22.2 Å². The van der Waals surface area contributed by atoms with Crippen molar-refractivity contribution in [3.63, 3.8) is 0 Å². The number of para-hydroxylation sites is 2. The predicted octanol–water partition coefficient (Wildman–Crippen LogP) is 5.11. The number of aromatic nitrogens is 3. The molecule has 7 nitrogen and oxygen atoms in total. The molecule has 0 aliphatic rings. The summed E-state index contributed by atoms with van der Waals surface area (Å²) >= 11 is 1.25. The second-order valence-electron chi connectivity index (χ2n) is 8.15. The second-order valence-corrected chi connectivity index (χ2v) is 9.09. The van der Waals surface area contributed by atoms with Gasteiger partial charge in [-0.15, -0.1) is 0 Å². The van der Waals surface area contributed by atoms with Gasteiger partial charge in [0.25, 0.3) is 5.56 Å². The fraction of sp³-hybridized carbons (Fsp3) is 0.269. The van der Waals surface area contributed by atoms with E-state index in [1.54, 1.807) is 10.6 Å². The van der Waals surface area contributed by atoms with Crippen LogP contribution in [-0.4, -0.2) is 32.4 Å². The van der Waals surface area contributed by atoms with Gasteiger partial charge < -0.3 is 14.6 Å². The second kappa shape index (κ2) is 10.2. The Hall–Kier alpha value is -3.52. The number of aryl methyl sites for hydroxylation is 1. The molecule has 4 rings (SSSR count). The summed E-state index contributed by atoms with van der Waals surface area (Å²) in [7, 11) is 1.86. The van der Waals surface area contributed by atoms with Crippen molar-refractivity contribution in [2.24, 2.45) is 7.05 Å². The lowest BCUT2D eigenvalue weighted by atomic mass is 10.1. The normalized spacial score (nSPS) is 11.2. The summed E-state index contributed by atoms with van der Waals surface area (Å²) in [5.74, 6) is 0.537. The van der Waals surface area contributed by atoms with Gasteiger partial charge in [0, 0.05) is 24.8 Å². The largest absolute Gasteiger partial charge is 0.492 e. The molecule has 34 heavy (non-hydrogen) atoms. The molecule has 0 atom stereocenters. The van der Waals surface area contributed by atoms with Crippen LogP contribution in [0.3, 0.4) is 0 Å². The molecular formula is C26H28N4O3S. The van der Waals surface area contributed by atoms with Crippen LogP contribution in [0.4, 0.5) is 5.69 Å². The Morgan fingerprint density at radius 3 is 2.53 bits per heavy atom. The van der Waals surface area contributed by atoms with Gasteiger partial charge in [0.2, 0.25) is 5.91 Å². The van der Waals surface area contributed by atoms with Gasteiger partial charge in [-0.1, -0.05) is 54.2 Å². The van der Waals surface area contributed by atoms with E-state index in [1.165, 1.54) is 11.8 Å². The number of amides is 1. The van der Waals surface area contributed by atoms with Crippen molar-refractivity contribution in [3.8, 4) is 16.9 Å². The maximum Gasteiger partial charge on any atom is 0.278 e. The van der Waals surface area contributed by atoms with Gasteiger partial charge >= 0.3 is 0 Å². The Balaban J connectivity index is 1.67. The van der Waals surface area contributed by atoms with Crippen LogP contribution in [0.2, 0.25) is 0 Å². The number of thioether (sulfide) groups is 1. The van der Waals surface area contributed by atoms with Crippen LogP contribution in [0.5, 0.6) is 5.75 Å². The summed E-state index contributed by atoms with van der Waals surface area (Å²) in [6.45, 7) is 6.29. The molecule has 2 aromatic carbocycles. The number of ether oxygens (including phenoxy) is 1. The molecule has 0 spiro atoms. The number of nitrogens with zero attached hydrogens (tertiary/aromatic N) is 3. The highest BCUT2D eigenvalue weighted by atomic mass is 32.2. The van der Waals surface area contributed by atoms with E-state index in [4.69, 9.17) is 9.72 Å². The van der Waals surface area contributed by atoms with Gasteiger partial charge in [0.15, 0.2) is 5.16 Å². The number of hydrogen-bond acceptors (Lipinski definition) is 5. The Labute approximate surface area is 202 Å². The summed E-state index contributed by atoms with van der Waals surface area (Å²) < 4.78 is 9.08. The number of carbonyl (C=O) groups is 1. The third-order valence-electron chi connectivity index (χ3n) is 5.38. The van der Waals surface area contributed by atoms with Crippen molar-refractivity contribution < 1.29 is 9.53 Å². The van der Waals surface area contributed by atoms with Gasteiger partial charge in [-0.25, -0.2) is 4.98 Å². The highest BCUT2D eigenvalue weighted by Crippen LogP contribution is 2.30. The van der Waals surface area contributed by atoms with Gasteiger partial charge in [0.1, 0.15) is 16.8 Å². The number of rotatable bonds is 8. The first kappa shape index (κ1) is 23.6. The van der Waals surface area contributed by atoms with E-state index in [9.17, 15) is 9.59 Å². The molecule has 0 saturated carbocycles. The molecule has 0 fully saturated rings. The number of hydrogen-bond donors (Lipinski definition) is 1. The quantitative estimate of drug-likeness (QED) is 0.282. The topological polar surface area (TPSA) is 78.2 Å². The lowest BCUT2D eigenvalue weighted by Crippen LogP contribution is -2.26. The molecule has 0 bridgehead atoms. The third-order valence-corrected chi connectivity index (χ3v) is 6.34. The summed E-state index contributed by atoms with van der Waals surface area (Å²) in [6, 6.07) is 17.1. The summed E-state index contributed by atoms with van der Waals surface area (Å²) in [6.07, 6.45) is 1.94. The number of carbonyl (C=O) groups excluding carboxylic acids is 1. The molecule has 8 heteroatoms. The zero-order valence-corrected chi connectivity index (χ0v) is 20.6. The van der Waals surface area contributed by atoms with Crippen LogP contribution >= 0.6 is 11.8 Å². The van der Waals surface area contributed by atoms with E-state index in [2.05, 4.69) is 5.32 Å². The zero-order valence-electron chi connectivity index (χ0n) is 19.7. The molecule has 4 aromatic rings. The van der Waals surface area contributed by atoms with E-state index < -0.39 is 0 Å². The number of benzene rings is 2. The van der Waals surface area contributed by atoms with Crippen molar-refractivity contribution in [1.82, 2.24) is 14.1 Å². The van der Waals surface area contributed by atoms with Crippen molar-refractivity contribution in [2.45, 2.75) is 32.0 Å². The van der Waals surface area contributed by atoms with E-state index in [1.807, 2.05) is 87.1 Å². The Kier molecular flexibility index (Phi) is 7.07. The SMILES string of the molecule is CCOc1ccccc1NC(=O)CSc1nc2c(-c3ccccc3)cn(C)c2c(=O)n1C(C)C. The van der Waals surface area contributed by atoms with Crippen molar-refractivity contribution >= 4 is 34.4 Å². The Bertz CT molecular complexity index is 1380. The Morgan fingerprint density at radius 2 is 1.82 bits per heavy atom. The number of fused-ring (bicyclic) bond motifs is 1. The average Bonchev–Trinajstić information content (AvgIpc) is 3.16. The monoisotopic (exact) mass is 476 g/mol. The summed E-state index contributed by atoms with van der Waals surface area (Å²) in [5.41, 5.74) is 3.57. The maximum atomic E-state index is 13.5. The minimum atomic E-state index is -0.196. The van der Waals surface area contributed by atoms with E-state index >= 15 is 0 Å². The standard InChI is InChI=1S/C26H28N4O3S/c1-5-33-21-14-10-9-13-20(21)27-22(31)16-34-26-28-23-19(18-11-7-6-8-12-18)15-29(4)24(23)25(32)30(26)17(2)3/h6-15,17H,5,16H2,1-4H3,(H,27,31). The molecule has 0 unspecified atom stereocenters. The van der Waals surface area contributed by atoms with Crippen molar-refractivity contribution in [1.29, 1.82) is 0 Å². The number of anilines is 1. The highest BCUT2D eigenvalue weighted by Gasteiger charge is 2.21. The molecule has 1 N–H and O–H groups in total. The highest BCUT2D eigenvalue weighted by molar-refractivity contribution is 7.99. The molecule has 176 valence electrons. The van der Waals surface area contributed by atoms with Crippen LogP contribution in [-0.2, 0) is 11.8 Å². The molecule has 2 aromatic heterocycles. The average molecular weight is 477 g/mol. The lowest BCUT2D eigenvalue weighted by molar-refractivity contribution is -0.113. The van der Waals surface area contributed by atoms with E-state index in [0.717, 1.165) is 11.1 Å². The maximum absolute atomic E-state index is 13.5. The van der Waals surface area contributed by atoms with E-state index in [0.29, 0.717) is 34.2 Å². The van der Waals surface area contributed by atoms with Crippen molar-refractivity contribution in [2.75, 3.05) is 17.7 Å². The first-order valence-electron chi connectivity index (χ1n) is 11.2. The smallest absolute Gasteiger partial charge is 0.278 e. The predicted molar refractivity (Wildman–Crippen MR) is 138 cm³/mol. The zero-order chi connectivity index (χ0) is 24.2. The van der Waals surface area contributed by atoms with Gasteiger partial charge in [-0.3, -0.25) is 14.2 Å². The Morgan fingerprint density at radius 1 is 1.12 bits per heavy atom.